The number of nitrogens with one attached hydrogen (secondary N) is 1. The molecule has 0 radical (unpaired) electrons. The van der Waals surface area contributed by atoms with E-state index >= 15 is 0 Å². The van der Waals surface area contributed by atoms with Crippen molar-refractivity contribution in [3.63, 3.8) is 0 Å². The molecule has 1 aliphatic heterocycles. The maximum atomic E-state index is 12.1. The van der Waals surface area contributed by atoms with Gasteiger partial charge in [0.05, 0.1) is 0 Å². The first-order valence-electron chi connectivity index (χ1n) is 9.06. The monoisotopic (exact) mass is 332 g/mol. The van der Waals surface area contributed by atoms with Crippen molar-refractivity contribution in [3.05, 3.63) is 29.8 Å². The Balaban J connectivity index is 1.74. The van der Waals surface area contributed by atoms with Crippen LogP contribution in [0.3, 0.4) is 0 Å². The lowest BCUT2D eigenvalue weighted by atomic mass is 9.97. The Labute approximate surface area is 146 Å². The molecule has 24 heavy (non-hydrogen) atoms. The summed E-state index contributed by atoms with van der Waals surface area (Å²) >= 11 is 0. The van der Waals surface area contributed by atoms with Crippen LogP contribution < -0.4 is 5.32 Å². The Morgan fingerprint density at radius 3 is 2.29 bits per heavy atom. The van der Waals surface area contributed by atoms with E-state index in [9.17, 15) is 4.79 Å². The molecule has 134 valence electrons. The fourth-order valence-corrected chi connectivity index (χ4v) is 2.89. The largest absolute Gasteiger partial charge is 0.444 e. The van der Waals surface area contributed by atoms with Crippen molar-refractivity contribution in [2.45, 2.75) is 59.0 Å². The minimum atomic E-state index is -0.419. The first-order valence-corrected chi connectivity index (χ1v) is 9.06. The minimum absolute atomic E-state index is 0.182. The maximum absolute atomic E-state index is 12.1. The van der Waals surface area contributed by atoms with Crippen molar-refractivity contribution in [3.8, 4) is 0 Å². The average molecular weight is 332 g/mol. The van der Waals surface area contributed by atoms with Crippen LogP contribution in [0.2, 0.25) is 0 Å². The third-order valence-electron chi connectivity index (χ3n) is 4.44. The SMILES string of the molecule is CC(C)c1ccc(NCC2CCN(C(=O)OC(C)(C)C)CC2)cc1. The zero-order valence-electron chi connectivity index (χ0n) is 15.8. The maximum Gasteiger partial charge on any atom is 0.410 e. The van der Waals surface area contributed by atoms with Crippen LogP contribution in [0.25, 0.3) is 0 Å². The second kappa shape index (κ2) is 7.91. The van der Waals surface area contributed by atoms with Gasteiger partial charge in [-0.1, -0.05) is 26.0 Å². The molecule has 1 N–H and O–H groups in total. The van der Waals surface area contributed by atoms with Gasteiger partial charge in [-0.05, 0) is 63.1 Å². The highest BCUT2D eigenvalue weighted by molar-refractivity contribution is 5.68. The van der Waals surface area contributed by atoms with Gasteiger partial charge in [0, 0.05) is 25.3 Å². The van der Waals surface area contributed by atoms with Crippen LogP contribution in [0, 0.1) is 5.92 Å². The summed E-state index contributed by atoms with van der Waals surface area (Å²) in [5.41, 5.74) is 2.12. The van der Waals surface area contributed by atoms with E-state index in [1.807, 2.05) is 25.7 Å². The summed E-state index contributed by atoms with van der Waals surface area (Å²) in [5.74, 6) is 1.17. The summed E-state index contributed by atoms with van der Waals surface area (Å²) in [6.45, 7) is 12.7. The van der Waals surface area contributed by atoms with E-state index in [1.54, 1.807) is 0 Å². The molecule has 2 rings (SSSR count). The third kappa shape index (κ3) is 5.73. The highest BCUT2D eigenvalue weighted by Crippen LogP contribution is 2.21. The van der Waals surface area contributed by atoms with Crippen LogP contribution in [0.15, 0.2) is 24.3 Å². The Morgan fingerprint density at radius 1 is 1.21 bits per heavy atom. The summed E-state index contributed by atoms with van der Waals surface area (Å²) < 4.78 is 5.44. The number of piperidine rings is 1. The zero-order valence-corrected chi connectivity index (χ0v) is 15.8. The van der Waals surface area contributed by atoms with E-state index in [2.05, 4.69) is 43.4 Å². The Morgan fingerprint density at radius 2 is 1.79 bits per heavy atom. The Kier molecular flexibility index (Phi) is 6.14. The number of nitrogens with zero attached hydrogens (tertiary/aromatic N) is 1. The molecule has 0 bridgehead atoms. The number of hydrogen-bond donors (Lipinski definition) is 1. The zero-order chi connectivity index (χ0) is 17.7. The van der Waals surface area contributed by atoms with E-state index < -0.39 is 5.60 Å². The van der Waals surface area contributed by atoms with Gasteiger partial charge in [-0.25, -0.2) is 4.79 Å². The molecule has 1 aromatic rings. The van der Waals surface area contributed by atoms with Crippen LogP contribution in [0.5, 0.6) is 0 Å². The smallest absolute Gasteiger partial charge is 0.410 e. The van der Waals surface area contributed by atoms with Crippen LogP contribution in [-0.2, 0) is 4.74 Å². The standard InChI is InChI=1S/C20H32N2O2/c1-15(2)17-6-8-18(9-7-17)21-14-16-10-12-22(13-11-16)19(23)24-20(3,4)5/h6-9,15-16,21H,10-14H2,1-5H3. The second-order valence-corrected chi connectivity index (χ2v) is 8.07. The van der Waals surface area contributed by atoms with Crippen LogP contribution in [-0.4, -0.2) is 36.2 Å². The minimum Gasteiger partial charge on any atom is -0.444 e. The fourth-order valence-electron chi connectivity index (χ4n) is 2.89. The summed E-state index contributed by atoms with van der Waals surface area (Å²) in [7, 11) is 0. The molecule has 4 heteroatoms. The molecule has 1 aromatic carbocycles. The van der Waals surface area contributed by atoms with Gasteiger partial charge in [-0.3, -0.25) is 0 Å². The van der Waals surface area contributed by atoms with Gasteiger partial charge in [-0.2, -0.15) is 0 Å². The van der Waals surface area contributed by atoms with Crippen LogP contribution >= 0.6 is 0 Å². The Bertz CT molecular complexity index is 524. The van der Waals surface area contributed by atoms with Crippen LogP contribution in [0.1, 0.15) is 58.9 Å². The van der Waals surface area contributed by atoms with Crippen molar-refractivity contribution < 1.29 is 9.53 Å². The number of carbonyl (C=O) groups excluding carboxylic acids is 1. The highest BCUT2D eigenvalue weighted by Gasteiger charge is 2.26. The molecule has 0 saturated carbocycles. The van der Waals surface area contributed by atoms with Gasteiger partial charge < -0.3 is 15.0 Å². The van der Waals surface area contributed by atoms with Crippen LogP contribution in [0.4, 0.5) is 10.5 Å². The van der Waals surface area contributed by atoms with Gasteiger partial charge in [0.2, 0.25) is 0 Å². The van der Waals surface area contributed by atoms with E-state index in [0.29, 0.717) is 11.8 Å². The topological polar surface area (TPSA) is 41.6 Å². The molecule has 0 aliphatic carbocycles. The van der Waals surface area contributed by atoms with Gasteiger partial charge >= 0.3 is 6.09 Å². The summed E-state index contributed by atoms with van der Waals surface area (Å²) in [4.78, 5) is 13.9. The number of anilines is 1. The predicted molar refractivity (Wildman–Crippen MR) is 99.6 cm³/mol. The van der Waals surface area contributed by atoms with Gasteiger partial charge in [0.25, 0.3) is 0 Å². The third-order valence-corrected chi connectivity index (χ3v) is 4.44. The number of likely N-dealkylation sites (tertiary alicyclic amines) is 1. The molecular formula is C20H32N2O2. The van der Waals surface area contributed by atoms with E-state index in [4.69, 9.17) is 4.74 Å². The number of carbonyl (C=O) groups is 1. The molecule has 0 spiro atoms. The lowest BCUT2D eigenvalue weighted by Crippen LogP contribution is -2.42. The molecule has 0 unspecified atom stereocenters. The summed E-state index contributed by atoms with van der Waals surface area (Å²) in [6, 6.07) is 8.70. The highest BCUT2D eigenvalue weighted by atomic mass is 16.6. The molecule has 4 nitrogen and oxygen atoms in total. The van der Waals surface area contributed by atoms with Gasteiger partial charge in [0.1, 0.15) is 5.60 Å². The number of rotatable bonds is 4. The molecule has 1 aliphatic rings. The predicted octanol–water partition coefficient (Wildman–Crippen LogP) is 4.87. The average Bonchev–Trinajstić information content (AvgIpc) is 2.52. The van der Waals surface area contributed by atoms with Gasteiger partial charge in [-0.15, -0.1) is 0 Å². The van der Waals surface area contributed by atoms with Crippen molar-refractivity contribution in [2.24, 2.45) is 5.92 Å². The lowest BCUT2D eigenvalue weighted by Gasteiger charge is -2.33. The number of hydrogen-bond acceptors (Lipinski definition) is 3. The molecule has 1 saturated heterocycles. The van der Waals surface area contributed by atoms with E-state index in [1.165, 1.54) is 11.3 Å². The first-order chi connectivity index (χ1) is 11.2. The molecule has 0 aromatic heterocycles. The summed E-state index contributed by atoms with van der Waals surface area (Å²) in [5, 5.41) is 3.53. The molecule has 1 heterocycles. The van der Waals surface area contributed by atoms with Gasteiger partial charge in [0.15, 0.2) is 0 Å². The molecule has 1 fully saturated rings. The molecule has 1 amide bonds. The quantitative estimate of drug-likeness (QED) is 0.855. The molecular weight excluding hydrogens is 300 g/mol. The van der Waals surface area contributed by atoms with E-state index in [-0.39, 0.29) is 6.09 Å². The summed E-state index contributed by atoms with van der Waals surface area (Å²) in [6.07, 6.45) is 1.87. The van der Waals surface area contributed by atoms with Crippen molar-refractivity contribution in [1.29, 1.82) is 0 Å². The number of ether oxygens (including phenoxy) is 1. The van der Waals surface area contributed by atoms with Crippen molar-refractivity contribution in [2.75, 3.05) is 25.0 Å². The van der Waals surface area contributed by atoms with Crippen molar-refractivity contribution >= 4 is 11.8 Å². The number of amides is 1. The Hall–Kier alpha value is -1.71. The lowest BCUT2D eigenvalue weighted by molar-refractivity contribution is 0.0188. The fraction of sp³-hybridized carbons (Fsp3) is 0.650. The first kappa shape index (κ1) is 18.6. The van der Waals surface area contributed by atoms with Crippen molar-refractivity contribution in [1.82, 2.24) is 4.90 Å². The second-order valence-electron chi connectivity index (χ2n) is 8.07. The molecule has 0 atom stereocenters. The normalized spacial score (nSPS) is 16.3. The van der Waals surface area contributed by atoms with E-state index in [0.717, 1.165) is 32.5 Å². The number of benzene rings is 1.